The van der Waals surface area contributed by atoms with Gasteiger partial charge < -0.3 is 5.73 Å². The zero-order chi connectivity index (χ0) is 11.0. The molecule has 0 aromatic carbocycles. The van der Waals surface area contributed by atoms with Crippen LogP contribution in [0.15, 0.2) is 18.5 Å². The molecule has 1 fully saturated rings. The van der Waals surface area contributed by atoms with Crippen LogP contribution in [0.1, 0.15) is 30.7 Å². The van der Waals surface area contributed by atoms with Crippen LogP contribution in [-0.4, -0.2) is 16.5 Å². The second-order valence-electron chi connectivity index (χ2n) is 4.55. The lowest BCUT2D eigenvalue weighted by atomic mass is 9.87. The van der Waals surface area contributed by atoms with Gasteiger partial charge in [0.2, 0.25) is 0 Å². The molecule has 2 heterocycles. The molecule has 3 rings (SSSR count). The number of nitrogens with zero attached hydrogens (tertiary/aromatic N) is 2. The topological polar surface area (TPSA) is 51.8 Å². The van der Waals surface area contributed by atoms with Gasteiger partial charge in [-0.1, -0.05) is 12.8 Å². The Morgan fingerprint density at radius 3 is 2.88 bits per heavy atom. The Kier molecular flexibility index (Phi) is 2.41. The average Bonchev–Trinajstić information content (AvgIpc) is 2.96. The van der Waals surface area contributed by atoms with E-state index in [4.69, 9.17) is 10.7 Å². The van der Waals surface area contributed by atoms with Gasteiger partial charge in [-0.05, 0) is 18.9 Å². The van der Waals surface area contributed by atoms with Crippen molar-refractivity contribution in [2.75, 3.05) is 6.54 Å². The maximum absolute atomic E-state index is 5.97. The molecule has 2 aromatic heterocycles. The standard InChI is InChI=1S/C12H15N3S/c13-8-12(4-1-2-5-12)11-15-9-7-14-6-3-10(9)16-11/h3,6-7H,1-2,4-5,8,13H2. The smallest absolute Gasteiger partial charge is 0.101 e. The van der Waals surface area contributed by atoms with E-state index < -0.39 is 0 Å². The lowest BCUT2D eigenvalue weighted by Gasteiger charge is -2.23. The third-order valence-electron chi connectivity index (χ3n) is 3.59. The molecule has 4 heteroatoms. The highest BCUT2D eigenvalue weighted by Gasteiger charge is 2.37. The van der Waals surface area contributed by atoms with E-state index in [0.717, 1.165) is 12.1 Å². The summed E-state index contributed by atoms with van der Waals surface area (Å²) in [6.07, 6.45) is 8.62. The fraction of sp³-hybridized carbons (Fsp3) is 0.500. The fourth-order valence-electron chi connectivity index (χ4n) is 2.56. The highest BCUT2D eigenvalue weighted by molar-refractivity contribution is 7.18. The Balaban J connectivity index is 2.10. The van der Waals surface area contributed by atoms with Crippen LogP contribution in [0.5, 0.6) is 0 Å². The first-order chi connectivity index (χ1) is 7.84. The van der Waals surface area contributed by atoms with Gasteiger partial charge in [0.15, 0.2) is 0 Å². The van der Waals surface area contributed by atoms with Gasteiger partial charge in [-0.3, -0.25) is 4.98 Å². The Morgan fingerprint density at radius 2 is 2.19 bits per heavy atom. The maximum Gasteiger partial charge on any atom is 0.101 e. The highest BCUT2D eigenvalue weighted by atomic mass is 32.1. The zero-order valence-corrected chi connectivity index (χ0v) is 9.96. The van der Waals surface area contributed by atoms with Crippen molar-refractivity contribution in [3.63, 3.8) is 0 Å². The number of thiazole rings is 1. The minimum Gasteiger partial charge on any atom is -0.329 e. The summed E-state index contributed by atoms with van der Waals surface area (Å²) in [4.78, 5) is 8.83. The first kappa shape index (κ1) is 10.2. The summed E-state index contributed by atoms with van der Waals surface area (Å²) in [5.74, 6) is 0. The lowest BCUT2D eigenvalue weighted by molar-refractivity contribution is 0.451. The highest BCUT2D eigenvalue weighted by Crippen LogP contribution is 2.42. The number of fused-ring (bicyclic) bond motifs is 1. The lowest BCUT2D eigenvalue weighted by Crippen LogP contribution is -2.31. The Bertz CT molecular complexity index is 467. The molecule has 1 aliphatic rings. The average molecular weight is 233 g/mol. The monoisotopic (exact) mass is 233 g/mol. The summed E-state index contributed by atoms with van der Waals surface area (Å²) in [7, 11) is 0. The molecular formula is C12H15N3S. The van der Waals surface area contributed by atoms with Gasteiger partial charge in [0.05, 0.1) is 16.4 Å². The van der Waals surface area contributed by atoms with Crippen LogP contribution in [0.3, 0.4) is 0 Å². The summed E-state index contributed by atoms with van der Waals surface area (Å²) in [5, 5.41) is 1.22. The van der Waals surface area contributed by atoms with E-state index >= 15 is 0 Å². The quantitative estimate of drug-likeness (QED) is 0.867. The van der Waals surface area contributed by atoms with E-state index in [9.17, 15) is 0 Å². The third-order valence-corrected chi connectivity index (χ3v) is 4.88. The zero-order valence-electron chi connectivity index (χ0n) is 9.15. The van der Waals surface area contributed by atoms with E-state index in [1.807, 2.05) is 18.5 Å². The van der Waals surface area contributed by atoms with Crippen molar-refractivity contribution in [1.29, 1.82) is 0 Å². The molecule has 0 amide bonds. The fourth-order valence-corrected chi connectivity index (χ4v) is 3.75. The van der Waals surface area contributed by atoms with E-state index in [2.05, 4.69) is 4.98 Å². The predicted octanol–water partition coefficient (Wildman–Crippen LogP) is 2.46. The normalized spacial score (nSPS) is 19.3. The number of nitrogens with two attached hydrogens (primary N) is 1. The maximum atomic E-state index is 5.97. The molecule has 84 valence electrons. The summed E-state index contributed by atoms with van der Waals surface area (Å²) < 4.78 is 1.23. The van der Waals surface area contributed by atoms with Gasteiger partial charge in [-0.25, -0.2) is 4.98 Å². The summed E-state index contributed by atoms with van der Waals surface area (Å²) in [6, 6.07) is 2.04. The van der Waals surface area contributed by atoms with Gasteiger partial charge in [0.25, 0.3) is 0 Å². The first-order valence-electron chi connectivity index (χ1n) is 5.75. The first-order valence-corrected chi connectivity index (χ1v) is 6.57. The minimum absolute atomic E-state index is 0.156. The number of hydrogen-bond donors (Lipinski definition) is 1. The van der Waals surface area contributed by atoms with E-state index in [1.165, 1.54) is 35.4 Å². The molecule has 0 saturated heterocycles. The molecule has 0 radical (unpaired) electrons. The largest absolute Gasteiger partial charge is 0.329 e. The summed E-state index contributed by atoms with van der Waals surface area (Å²) in [5.41, 5.74) is 7.15. The van der Waals surface area contributed by atoms with Crippen molar-refractivity contribution in [3.8, 4) is 0 Å². The van der Waals surface area contributed by atoms with Crippen LogP contribution < -0.4 is 5.73 Å². The number of aromatic nitrogens is 2. The van der Waals surface area contributed by atoms with Gasteiger partial charge in [-0.15, -0.1) is 11.3 Å². The molecule has 0 atom stereocenters. The Labute approximate surface area is 98.7 Å². The van der Waals surface area contributed by atoms with Gasteiger partial charge in [-0.2, -0.15) is 0 Å². The van der Waals surface area contributed by atoms with Crippen molar-refractivity contribution in [3.05, 3.63) is 23.5 Å². The van der Waals surface area contributed by atoms with Crippen LogP contribution in [0.2, 0.25) is 0 Å². The van der Waals surface area contributed by atoms with Crippen LogP contribution >= 0.6 is 11.3 Å². The van der Waals surface area contributed by atoms with Crippen LogP contribution in [-0.2, 0) is 5.41 Å². The number of pyridine rings is 1. The van der Waals surface area contributed by atoms with Crippen molar-refractivity contribution in [2.24, 2.45) is 5.73 Å². The molecule has 16 heavy (non-hydrogen) atoms. The van der Waals surface area contributed by atoms with Gasteiger partial charge >= 0.3 is 0 Å². The molecule has 0 unspecified atom stereocenters. The van der Waals surface area contributed by atoms with Crippen molar-refractivity contribution in [2.45, 2.75) is 31.1 Å². The van der Waals surface area contributed by atoms with Gasteiger partial charge in [0.1, 0.15) is 5.01 Å². The molecule has 2 aromatic rings. The molecule has 0 bridgehead atoms. The molecule has 1 aliphatic carbocycles. The Hall–Kier alpha value is -1.00. The molecule has 2 N–H and O–H groups in total. The summed E-state index contributed by atoms with van der Waals surface area (Å²) in [6.45, 7) is 0.722. The third kappa shape index (κ3) is 1.44. The van der Waals surface area contributed by atoms with E-state index in [1.54, 1.807) is 11.3 Å². The second kappa shape index (κ2) is 3.79. The molecule has 0 spiro atoms. The second-order valence-corrected chi connectivity index (χ2v) is 5.58. The van der Waals surface area contributed by atoms with Crippen molar-refractivity contribution >= 4 is 21.6 Å². The summed E-state index contributed by atoms with van der Waals surface area (Å²) >= 11 is 1.79. The number of rotatable bonds is 2. The van der Waals surface area contributed by atoms with Crippen molar-refractivity contribution < 1.29 is 0 Å². The van der Waals surface area contributed by atoms with Crippen LogP contribution in [0, 0.1) is 0 Å². The predicted molar refractivity (Wildman–Crippen MR) is 66.6 cm³/mol. The SMILES string of the molecule is NCC1(c2nc3cnccc3s2)CCCC1. The molecular weight excluding hydrogens is 218 g/mol. The van der Waals surface area contributed by atoms with Gasteiger partial charge in [0, 0.05) is 18.2 Å². The molecule has 1 saturated carbocycles. The van der Waals surface area contributed by atoms with E-state index in [0.29, 0.717) is 0 Å². The van der Waals surface area contributed by atoms with Crippen LogP contribution in [0.25, 0.3) is 10.2 Å². The minimum atomic E-state index is 0.156. The van der Waals surface area contributed by atoms with Crippen molar-refractivity contribution in [1.82, 2.24) is 9.97 Å². The Morgan fingerprint density at radius 1 is 1.38 bits per heavy atom. The van der Waals surface area contributed by atoms with E-state index in [-0.39, 0.29) is 5.41 Å². The molecule has 3 nitrogen and oxygen atoms in total. The molecule has 0 aliphatic heterocycles. The van der Waals surface area contributed by atoms with Crippen LogP contribution in [0.4, 0.5) is 0 Å². The number of hydrogen-bond acceptors (Lipinski definition) is 4.